The number of carbonyl (C=O) groups is 1. The minimum absolute atomic E-state index is 0.0207. The summed E-state index contributed by atoms with van der Waals surface area (Å²) in [4.78, 5) is 26.4. The summed E-state index contributed by atoms with van der Waals surface area (Å²) in [6.45, 7) is 0.250. The van der Waals surface area contributed by atoms with Crippen molar-refractivity contribution in [2.45, 2.75) is 70.0 Å². The topological polar surface area (TPSA) is 98.0 Å². The lowest BCUT2D eigenvalue weighted by Gasteiger charge is -2.30. The number of rotatable bonds is 7. The van der Waals surface area contributed by atoms with E-state index in [-0.39, 0.29) is 36.4 Å². The average molecular weight is 490 g/mol. The van der Waals surface area contributed by atoms with Crippen LogP contribution in [0, 0.1) is 0 Å². The largest absolute Gasteiger partial charge is 0.464 e. The SMILES string of the molecule is O=C(NC1CCCCC1)C1=C[C@@H](c2coc3ccccc3c2=O)C[C@@H](OCc2ccc(CO)cc2)O1. The summed E-state index contributed by atoms with van der Waals surface area (Å²) in [5, 5.41) is 12.9. The van der Waals surface area contributed by atoms with E-state index in [1.807, 2.05) is 30.3 Å². The molecule has 5 rings (SSSR count). The number of aliphatic hydroxyl groups is 1. The Hall–Kier alpha value is -3.42. The molecule has 0 unspecified atom stereocenters. The quantitative estimate of drug-likeness (QED) is 0.501. The van der Waals surface area contributed by atoms with E-state index in [9.17, 15) is 14.7 Å². The monoisotopic (exact) mass is 489 g/mol. The number of hydrogen-bond acceptors (Lipinski definition) is 6. The van der Waals surface area contributed by atoms with Gasteiger partial charge in [-0.1, -0.05) is 55.7 Å². The molecule has 188 valence electrons. The highest BCUT2D eigenvalue weighted by Crippen LogP contribution is 2.32. The summed E-state index contributed by atoms with van der Waals surface area (Å²) in [5.41, 5.74) is 2.61. The van der Waals surface area contributed by atoms with E-state index in [4.69, 9.17) is 13.9 Å². The number of fused-ring (bicyclic) bond motifs is 1. The Kier molecular flexibility index (Phi) is 7.49. The summed E-state index contributed by atoms with van der Waals surface area (Å²) < 4.78 is 17.8. The molecule has 7 heteroatoms. The van der Waals surface area contributed by atoms with E-state index >= 15 is 0 Å². The molecule has 1 aliphatic heterocycles. The summed E-state index contributed by atoms with van der Waals surface area (Å²) in [5.74, 6) is -0.504. The predicted octanol–water partition coefficient (Wildman–Crippen LogP) is 4.66. The maximum Gasteiger partial charge on any atom is 0.286 e. The van der Waals surface area contributed by atoms with Crippen LogP contribution in [-0.4, -0.2) is 23.3 Å². The van der Waals surface area contributed by atoms with Gasteiger partial charge in [0.1, 0.15) is 5.58 Å². The first-order chi connectivity index (χ1) is 17.6. The zero-order valence-corrected chi connectivity index (χ0v) is 20.2. The highest BCUT2D eigenvalue weighted by molar-refractivity contribution is 5.92. The molecular formula is C29H31NO6. The molecule has 1 aromatic heterocycles. The smallest absolute Gasteiger partial charge is 0.286 e. The van der Waals surface area contributed by atoms with Crippen LogP contribution in [0.3, 0.4) is 0 Å². The molecule has 0 radical (unpaired) electrons. The van der Waals surface area contributed by atoms with Crippen molar-refractivity contribution >= 4 is 16.9 Å². The molecule has 3 aromatic rings. The second-order valence-electron chi connectivity index (χ2n) is 9.53. The number of aliphatic hydroxyl groups excluding tert-OH is 1. The van der Waals surface area contributed by atoms with Gasteiger partial charge < -0.3 is 24.3 Å². The highest BCUT2D eigenvalue weighted by Gasteiger charge is 2.31. The van der Waals surface area contributed by atoms with Crippen molar-refractivity contribution in [1.29, 1.82) is 0 Å². The number of nitrogens with one attached hydrogen (secondary N) is 1. The van der Waals surface area contributed by atoms with Gasteiger partial charge in [0, 0.05) is 23.9 Å². The van der Waals surface area contributed by atoms with Crippen LogP contribution in [0.15, 0.2) is 75.8 Å². The standard InChI is InChI=1S/C29H31NO6/c31-16-19-10-12-20(13-11-19)17-35-27-15-21(24-18-34-25-9-5-4-8-23(25)28(24)32)14-26(36-27)29(33)30-22-6-2-1-3-7-22/h4-5,8-14,18,21-22,27,31H,1-3,6-7,15-17H2,(H,30,33)/t21-,27+/m1/s1. The number of hydrogen-bond donors (Lipinski definition) is 2. The molecule has 1 aliphatic carbocycles. The normalized spacial score (nSPS) is 20.5. The van der Waals surface area contributed by atoms with Gasteiger partial charge in [-0.25, -0.2) is 0 Å². The van der Waals surface area contributed by atoms with Crippen molar-refractivity contribution in [2.24, 2.45) is 0 Å². The van der Waals surface area contributed by atoms with Gasteiger partial charge >= 0.3 is 0 Å². The molecule has 2 heterocycles. The Morgan fingerprint density at radius 2 is 1.78 bits per heavy atom. The van der Waals surface area contributed by atoms with Crippen LogP contribution < -0.4 is 10.7 Å². The maximum absolute atomic E-state index is 13.3. The van der Waals surface area contributed by atoms with E-state index in [0.717, 1.165) is 36.8 Å². The van der Waals surface area contributed by atoms with Crippen LogP contribution in [0.25, 0.3) is 11.0 Å². The van der Waals surface area contributed by atoms with Gasteiger partial charge in [-0.2, -0.15) is 0 Å². The van der Waals surface area contributed by atoms with Gasteiger partial charge in [0.25, 0.3) is 5.91 Å². The minimum atomic E-state index is -0.713. The van der Waals surface area contributed by atoms with Gasteiger partial charge in [0.2, 0.25) is 6.29 Å². The van der Waals surface area contributed by atoms with Crippen LogP contribution in [0.5, 0.6) is 0 Å². The molecule has 2 N–H and O–H groups in total. The zero-order valence-electron chi connectivity index (χ0n) is 20.2. The van der Waals surface area contributed by atoms with Crippen molar-refractivity contribution in [3.05, 3.63) is 93.5 Å². The Morgan fingerprint density at radius 3 is 2.56 bits per heavy atom. The minimum Gasteiger partial charge on any atom is -0.464 e. The van der Waals surface area contributed by atoms with Gasteiger partial charge in [0.05, 0.1) is 24.9 Å². The first-order valence-corrected chi connectivity index (χ1v) is 12.6. The lowest BCUT2D eigenvalue weighted by atomic mass is 9.92. The summed E-state index contributed by atoms with van der Waals surface area (Å²) in [7, 11) is 0. The fraction of sp³-hybridized carbons (Fsp3) is 0.379. The van der Waals surface area contributed by atoms with Gasteiger partial charge in [-0.15, -0.1) is 0 Å². The van der Waals surface area contributed by atoms with Crippen molar-refractivity contribution in [1.82, 2.24) is 5.32 Å². The Labute approximate surface area is 209 Å². The predicted molar refractivity (Wildman–Crippen MR) is 135 cm³/mol. The second kappa shape index (κ2) is 11.1. The molecule has 1 amide bonds. The number of carbonyl (C=O) groups excluding carboxylic acids is 1. The van der Waals surface area contributed by atoms with Crippen molar-refractivity contribution in [3.8, 4) is 0 Å². The molecule has 1 fully saturated rings. The molecule has 0 saturated heterocycles. The molecule has 0 spiro atoms. The molecule has 1 saturated carbocycles. The summed E-state index contributed by atoms with van der Waals surface area (Å²) >= 11 is 0. The third kappa shape index (κ3) is 5.53. The maximum atomic E-state index is 13.3. The van der Waals surface area contributed by atoms with Gasteiger partial charge in [0.15, 0.2) is 11.2 Å². The number of para-hydroxylation sites is 1. The van der Waals surface area contributed by atoms with Gasteiger partial charge in [-0.3, -0.25) is 9.59 Å². The fourth-order valence-electron chi connectivity index (χ4n) is 4.92. The van der Waals surface area contributed by atoms with E-state index in [1.54, 1.807) is 24.3 Å². The van der Waals surface area contributed by atoms with Crippen LogP contribution in [-0.2, 0) is 27.5 Å². The number of ether oxygens (including phenoxy) is 2. The van der Waals surface area contributed by atoms with Crippen molar-refractivity contribution in [2.75, 3.05) is 0 Å². The summed E-state index contributed by atoms with van der Waals surface area (Å²) in [6, 6.07) is 14.7. The third-order valence-corrected chi connectivity index (χ3v) is 6.97. The molecule has 36 heavy (non-hydrogen) atoms. The second-order valence-corrected chi connectivity index (χ2v) is 9.53. The van der Waals surface area contributed by atoms with Crippen LogP contribution in [0.4, 0.5) is 0 Å². The van der Waals surface area contributed by atoms with Crippen molar-refractivity contribution < 1.29 is 23.8 Å². The molecular weight excluding hydrogens is 458 g/mol. The lowest BCUT2D eigenvalue weighted by Crippen LogP contribution is -2.39. The molecule has 2 aromatic carbocycles. The Morgan fingerprint density at radius 1 is 1.03 bits per heavy atom. The van der Waals surface area contributed by atoms with Crippen LogP contribution >= 0.6 is 0 Å². The fourth-order valence-corrected chi connectivity index (χ4v) is 4.92. The van der Waals surface area contributed by atoms with Crippen LogP contribution in [0.2, 0.25) is 0 Å². The highest BCUT2D eigenvalue weighted by atomic mass is 16.7. The van der Waals surface area contributed by atoms with E-state index in [0.29, 0.717) is 23.0 Å². The lowest BCUT2D eigenvalue weighted by molar-refractivity contribution is -0.150. The number of amides is 1. The van der Waals surface area contributed by atoms with Gasteiger partial charge in [-0.05, 0) is 42.2 Å². The molecule has 2 atom stereocenters. The molecule has 2 aliphatic rings. The van der Waals surface area contributed by atoms with Crippen LogP contribution in [0.1, 0.15) is 61.1 Å². The molecule has 7 nitrogen and oxygen atoms in total. The molecule has 0 bridgehead atoms. The van der Waals surface area contributed by atoms with E-state index in [1.165, 1.54) is 12.7 Å². The first kappa shape index (κ1) is 24.3. The average Bonchev–Trinajstić information content (AvgIpc) is 2.93. The van der Waals surface area contributed by atoms with E-state index < -0.39 is 12.2 Å². The Balaban J connectivity index is 1.38. The summed E-state index contributed by atoms with van der Waals surface area (Å²) in [6.07, 6.45) is 8.18. The number of benzene rings is 2. The Bertz CT molecular complexity index is 1290. The first-order valence-electron chi connectivity index (χ1n) is 12.6. The number of allylic oxidation sites excluding steroid dienone is 1. The third-order valence-electron chi connectivity index (χ3n) is 6.97. The van der Waals surface area contributed by atoms with E-state index in [2.05, 4.69) is 5.32 Å². The zero-order chi connectivity index (χ0) is 24.9. The van der Waals surface area contributed by atoms with Crippen molar-refractivity contribution in [3.63, 3.8) is 0 Å².